The molecular weight excluding hydrogens is 278 g/mol. The minimum absolute atomic E-state index is 0.277. The van der Waals surface area contributed by atoms with Crippen LogP contribution in [0.5, 0.6) is 0 Å². The molecule has 5 heteroatoms. The lowest BCUT2D eigenvalue weighted by Gasteiger charge is -2.18. The van der Waals surface area contributed by atoms with Crippen LogP contribution in [0.2, 0.25) is 5.02 Å². The van der Waals surface area contributed by atoms with E-state index in [2.05, 4.69) is 29.5 Å². The molecule has 1 unspecified atom stereocenters. The molecule has 19 heavy (non-hydrogen) atoms. The van der Waals surface area contributed by atoms with Gasteiger partial charge in [0.1, 0.15) is 0 Å². The standard InChI is InChI=1S/C14H18ClN3S/c1-3-16-12(13-8-9-17-18(13)2)10-19-14-7-5-4-6-11(14)15/h4-9,12,16H,3,10H2,1-2H3. The van der Waals surface area contributed by atoms with Crippen LogP contribution in [-0.2, 0) is 7.05 Å². The van der Waals surface area contributed by atoms with E-state index in [0.29, 0.717) is 0 Å². The van der Waals surface area contributed by atoms with Crippen molar-refractivity contribution < 1.29 is 0 Å². The maximum absolute atomic E-state index is 6.18. The summed E-state index contributed by atoms with van der Waals surface area (Å²) < 4.78 is 1.92. The van der Waals surface area contributed by atoms with E-state index in [4.69, 9.17) is 11.6 Å². The van der Waals surface area contributed by atoms with E-state index >= 15 is 0 Å². The average Bonchev–Trinajstić information content (AvgIpc) is 2.82. The van der Waals surface area contributed by atoms with Gasteiger partial charge in [-0.3, -0.25) is 4.68 Å². The lowest BCUT2D eigenvalue weighted by Crippen LogP contribution is -2.25. The second-order valence-electron chi connectivity index (χ2n) is 4.23. The molecule has 0 radical (unpaired) electrons. The van der Waals surface area contributed by atoms with Gasteiger partial charge in [0.25, 0.3) is 0 Å². The summed E-state index contributed by atoms with van der Waals surface area (Å²) in [5, 5.41) is 8.54. The summed E-state index contributed by atoms with van der Waals surface area (Å²) in [7, 11) is 1.97. The van der Waals surface area contributed by atoms with Crippen LogP contribution in [0.4, 0.5) is 0 Å². The van der Waals surface area contributed by atoms with Gasteiger partial charge in [0, 0.05) is 23.9 Å². The second kappa shape index (κ2) is 6.98. The SMILES string of the molecule is CCNC(CSc1ccccc1Cl)c1ccnn1C. The maximum Gasteiger partial charge on any atom is 0.0587 e. The van der Waals surface area contributed by atoms with Crippen molar-refractivity contribution >= 4 is 23.4 Å². The fourth-order valence-corrected chi connectivity index (χ4v) is 3.27. The van der Waals surface area contributed by atoms with E-state index in [-0.39, 0.29) is 6.04 Å². The fraction of sp³-hybridized carbons (Fsp3) is 0.357. The highest BCUT2D eigenvalue weighted by atomic mass is 35.5. The van der Waals surface area contributed by atoms with Crippen LogP contribution in [0.25, 0.3) is 0 Å². The predicted molar refractivity (Wildman–Crippen MR) is 81.8 cm³/mol. The number of thioether (sulfide) groups is 1. The Hall–Kier alpha value is -0.970. The molecule has 102 valence electrons. The molecule has 1 N–H and O–H groups in total. The Morgan fingerprint density at radius 1 is 1.37 bits per heavy atom. The zero-order valence-electron chi connectivity index (χ0n) is 11.1. The third-order valence-electron chi connectivity index (χ3n) is 2.91. The predicted octanol–water partition coefficient (Wildman–Crippen LogP) is 3.52. The molecule has 0 saturated heterocycles. The van der Waals surface area contributed by atoms with Gasteiger partial charge in [0.2, 0.25) is 0 Å². The van der Waals surface area contributed by atoms with Crippen molar-refractivity contribution in [3.63, 3.8) is 0 Å². The third kappa shape index (κ3) is 3.75. The summed E-state index contributed by atoms with van der Waals surface area (Å²) in [6.45, 7) is 3.04. The van der Waals surface area contributed by atoms with Crippen molar-refractivity contribution in [1.29, 1.82) is 0 Å². The number of nitrogens with one attached hydrogen (secondary N) is 1. The van der Waals surface area contributed by atoms with Crippen LogP contribution >= 0.6 is 23.4 Å². The Bertz CT molecular complexity index is 527. The lowest BCUT2D eigenvalue weighted by atomic mass is 10.2. The first-order chi connectivity index (χ1) is 9.22. The number of nitrogens with zero attached hydrogens (tertiary/aromatic N) is 2. The van der Waals surface area contributed by atoms with Crippen molar-refractivity contribution in [1.82, 2.24) is 15.1 Å². The summed E-state index contributed by atoms with van der Waals surface area (Å²) in [4.78, 5) is 1.12. The Morgan fingerprint density at radius 2 is 2.16 bits per heavy atom. The Morgan fingerprint density at radius 3 is 2.79 bits per heavy atom. The molecule has 1 heterocycles. The molecular formula is C14H18ClN3S. The monoisotopic (exact) mass is 295 g/mol. The number of halogens is 1. The van der Waals surface area contributed by atoms with Crippen LogP contribution in [0.3, 0.4) is 0 Å². The molecule has 1 aromatic carbocycles. The van der Waals surface area contributed by atoms with Gasteiger partial charge in [-0.2, -0.15) is 5.10 Å². The van der Waals surface area contributed by atoms with Gasteiger partial charge >= 0.3 is 0 Å². The van der Waals surface area contributed by atoms with Crippen molar-refractivity contribution in [2.24, 2.45) is 7.05 Å². The number of benzene rings is 1. The fourth-order valence-electron chi connectivity index (χ4n) is 1.96. The molecule has 3 nitrogen and oxygen atoms in total. The number of aryl methyl sites for hydroxylation is 1. The molecule has 2 rings (SSSR count). The second-order valence-corrected chi connectivity index (χ2v) is 5.70. The van der Waals surface area contributed by atoms with E-state index in [1.807, 2.05) is 36.1 Å². The highest BCUT2D eigenvalue weighted by Crippen LogP contribution is 2.29. The normalized spacial score (nSPS) is 12.6. The quantitative estimate of drug-likeness (QED) is 0.827. The number of hydrogen-bond donors (Lipinski definition) is 1. The molecule has 0 fully saturated rings. The van der Waals surface area contributed by atoms with Gasteiger partial charge < -0.3 is 5.32 Å². The van der Waals surface area contributed by atoms with Crippen LogP contribution < -0.4 is 5.32 Å². The molecule has 0 aliphatic carbocycles. The zero-order valence-corrected chi connectivity index (χ0v) is 12.7. The Balaban J connectivity index is 2.06. The molecule has 2 aromatic rings. The Kier molecular flexibility index (Phi) is 5.31. The summed E-state index contributed by atoms with van der Waals surface area (Å²) in [6, 6.07) is 10.3. The summed E-state index contributed by atoms with van der Waals surface area (Å²) in [5.41, 5.74) is 1.20. The van der Waals surface area contributed by atoms with E-state index < -0.39 is 0 Å². The van der Waals surface area contributed by atoms with Crippen molar-refractivity contribution in [3.05, 3.63) is 47.2 Å². The largest absolute Gasteiger partial charge is 0.308 e. The van der Waals surface area contributed by atoms with E-state index in [1.54, 1.807) is 11.8 Å². The molecule has 0 spiro atoms. The number of hydrogen-bond acceptors (Lipinski definition) is 3. The highest BCUT2D eigenvalue weighted by Gasteiger charge is 2.14. The highest BCUT2D eigenvalue weighted by molar-refractivity contribution is 7.99. The summed E-state index contributed by atoms with van der Waals surface area (Å²) >= 11 is 7.95. The minimum atomic E-state index is 0.277. The first-order valence-electron chi connectivity index (χ1n) is 6.31. The smallest absolute Gasteiger partial charge is 0.0587 e. The lowest BCUT2D eigenvalue weighted by molar-refractivity contribution is 0.553. The minimum Gasteiger partial charge on any atom is -0.308 e. The van der Waals surface area contributed by atoms with Crippen LogP contribution in [0, 0.1) is 0 Å². The van der Waals surface area contributed by atoms with Crippen molar-refractivity contribution in [2.75, 3.05) is 12.3 Å². The average molecular weight is 296 g/mol. The molecule has 0 bridgehead atoms. The van der Waals surface area contributed by atoms with Gasteiger partial charge in [-0.25, -0.2) is 0 Å². The maximum atomic E-state index is 6.18. The molecule has 0 amide bonds. The van der Waals surface area contributed by atoms with Gasteiger partial charge in [0.15, 0.2) is 0 Å². The number of rotatable bonds is 6. The Labute approximate surface area is 123 Å². The van der Waals surface area contributed by atoms with Crippen LogP contribution in [-0.4, -0.2) is 22.1 Å². The molecule has 1 aromatic heterocycles. The summed E-state index contributed by atoms with van der Waals surface area (Å²) in [6.07, 6.45) is 1.83. The van der Waals surface area contributed by atoms with Crippen LogP contribution in [0.15, 0.2) is 41.4 Å². The first-order valence-corrected chi connectivity index (χ1v) is 7.67. The van der Waals surface area contributed by atoms with E-state index in [1.165, 1.54) is 5.69 Å². The van der Waals surface area contributed by atoms with E-state index in [9.17, 15) is 0 Å². The van der Waals surface area contributed by atoms with Crippen molar-refractivity contribution in [3.8, 4) is 0 Å². The molecule has 0 saturated carbocycles. The van der Waals surface area contributed by atoms with Gasteiger partial charge in [-0.1, -0.05) is 30.7 Å². The van der Waals surface area contributed by atoms with Gasteiger partial charge in [0.05, 0.1) is 16.8 Å². The topological polar surface area (TPSA) is 29.9 Å². The first kappa shape index (κ1) is 14.4. The summed E-state index contributed by atoms with van der Waals surface area (Å²) in [5.74, 6) is 0.928. The van der Waals surface area contributed by atoms with Crippen LogP contribution in [0.1, 0.15) is 18.7 Å². The van der Waals surface area contributed by atoms with E-state index in [0.717, 1.165) is 22.2 Å². The molecule has 1 atom stereocenters. The molecule has 0 aliphatic rings. The molecule has 0 aliphatic heterocycles. The van der Waals surface area contributed by atoms with Gasteiger partial charge in [-0.05, 0) is 24.7 Å². The van der Waals surface area contributed by atoms with Crippen molar-refractivity contribution in [2.45, 2.75) is 17.9 Å². The number of aromatic nitrogens is 2. The van der Waals surface area contributed by atoms with Gasteiger partial charge in [-0.15, -0.1) is 11.8 Å². The third-order valence-corrected chi connectivity index (χ3v) is 4.52. The zero-order chi connectivity index (χ0) is 13.7.